The van der Waals surface area contributed by atoms with Gasteiger partial charge in [-0.1, -0.05) is 46.7 Å². The highest BCUT2D eigenvalue weighted by Crippen LogP contribution is 2.38. The van der Waals surface area contributed by atoms with Crippen LogP contribution < -0.4 is 19.6 Å². The number of allylic oxidation sites excluding steroid dienone is 1. The lowest BCUT2D eigenvalue weighted by Gasteiger charge is -2.26. The van der Waals surface area contributed by atoms with Crippen molar-refractivity contribution in [2.45, 2.75) is 25.7 Å². The van der Waals surface area contributed by atoms with Crippen molar-refractivity contribution >= 4 is 74.9 Å². The van der Waals surface area contributed by atoms with Gasteiger partial charge in [0, 0.05) is 27.7 Å². The van der Waals surface area contributed by atoms with Gasteiger partial charge in [0.15, 0.2) is 10.5 Å². The van der Waals surface area contributed by atoms with Crippen LogP contribution in [0.5, 0.6) is 5.75 Å². The zero-order valence-electron chi connectivity index (χ0n) is 23.3. The molecule has 1 atom stereocenters. The molecule has 0 N–H and O–H groups in total. The molecule has 16 heteroatoms. The lowest BCUT2D eigenvalue weighted by atomic mass is 9.95. The van der Waals surface area contributed by atoms with Crippen LogP contribution in [0.4, 0.5) is 18.9 Å². The van der Waals surface area contributed by atoms with Gasteiger partial charge in [-0.2, -0.15) is 13.2 Å². The third-order valence-electron chi connectivity index (χ3n) is 6.63. The number of aromatic nitrogens is 1. The molecule has 0 saturated carbocycles. The van der Waals surface area contributed by atoms with Crippen LogP contribution in [0.3, 0.4) is 0 Å². The van der Waals surface area contributed by atoms with Crippen LogP contribution in [0.15, 0.2) is 81.7 Å². The van der Waals surface area contributed by atoms with Crippen LogP contribution in [0.25, 0.3) is 6.08 Å². The third-order valence-corrected chi connectivity index (χ3v) is 8.89. The predicted molar refractivity (Wildman–Crippen MR) is 174 cm³/mol. The fourth-order valence-electron chi connectivity index (χ4n) is 4.65. The molecule has 1 aliphatic heterocycles. The van der Waals surface area contributed by atoms with Gasteiger partial charge in [-0.25, -0.2) is 9.79 Å². The molecule has 9 nitrogen and oxygen atoms in total. The van der Waals surface area contributed by atoms with E-state index in [2.05, 4.69) is 4.99 Å². The summed E-state index contributed by atoms with van der Waals surface area (Å²) in [6.45, 7) is 1.25. The molecule has 1 aliphatic rings. The number of carbonyl (C=O) groups excluding carboxylic acids is 1. The van der Waals surface area contributed by atoms with E-state index >= 15 is 0 Å². The second kappa shape index (κ2) is 13.6. The van der Waals surface area contributed by atoms with Crippen molar-refractivity contribution in [1.29, 1.82) is 0 Å². The Hall–Kier alpha value is -3.73. The average Bonchev–Trinajstić information content (AvgIpc) is 3.30. The quantitative estimate of drug-likeness (QED) is 0.0845. The smallest absolute Gasteiger partial charge is 0.434 e. The molecule has 5 rings (SSSR count). The van der Waals surface area contributed by atoms with E-state index in [-0.39, 0.29) is 33.8 Å². The normalized spacial score (nSPS) is 14.9. The number of esters is 1. The Balaban J connectivity index is 1.67. The standard InChI is InChI=1S/C30H19Cl2F3IN3O6S/c1-2-44-28(41)23-24(16-5-7-18(31)8-6-16)38-27(40)22(46-29(38)37-26(23)30(33,34)35)12-17-11-19(32)13-21(36)25(17)45-14-15-3-9-20(10-4-15)39(42)43/h3-13,24H,2,14H2,1H3/b22-12-/t24-/m1/s1. The Morgan fingerprint density at radius 3 is 2.41 bits per heavy atom. The van der Waals surface area contributed by atoms with E-state index in [1.54, 1.807) is 6.07 Å². The molecule has 0 radical (unpaired) electrons. The van der Waals surface area contributed by atoms with Gasteiger partial charge in [0.2, 0.25) is 0 Å². The number of nitrogens with zero attached hydrogens (tertiary/aromatic N) is 3. The number of benzene rings is 3. The van der Waals surface area contributed by atoms with Crippen LogP contribution >= 0.6 is 57.1 Å². The summed E-state index contributed by atoms with van der Waals surface area (Å²) >= 11 is 15.0. The molecule has 2 heterocycles. The zero-order valence-corrected chi connectivity index (χ0v) is 27.8. The van der Waals surface area contributed by atoms with Gasteiger partial charge < -0.3 is 9.47 Å². The first-order valence-corrected chi connectivity index (χ1v) is 15.8. The van der Waals surface area contributed by atoms with Crippen molar-refractivity contribution in [1.82, 2.24) is 4.57 Å². The number of fused-ring (bicyclic) bond motifs is 1. The van der Waals surface area contributed by atoms with E-state index in [0.29, 0.717) is 41.8 Å². The Bertz CT molecular complexity index is 2060. The van der Waals surface area contributed by atoms with Gasteiger partial charge in [0.1, 0.15) is 12.4 Å². The monoisotopic (exact) mass is 803 g/mol. The lowest BCUT2D eigenvalue weighted by Crippen LogP contribution is -2.41. The maximum Gasteiger partial charge on any atom is 0.434 e. The number of non-ortho nitro benzene ring substituents is 1. The maximum atomic E-state index is 14.4. The number of halogens is 6. The fraction of sp³-hybridized carbons (Fsp3) is 0.167. The molecular formula is C30H19Cl2F3IN3O6S. The van der Waals surface area contributed by atoms with Crippen molar-refractivity contribution in [3.63, 3.8) is 0 Å². The molecule has 0 unspecified atom stereocenters. The van der Waals surface area contributed by atoms with E-state index in [0.717, 1.165) is 4.57 Å². The molecule has 4 aromatic rings. The molecule has 0 fully saturated rings. The Kier molecular flexibility index (Phi) is 9.91. The van der Waals surface area contributed by atoms with Gasteiger partial charge in [-0.15, -0.1) is 0 Å². The largest absolute Gasteiger partial charge is 0.487 e. The van der Waals surface area contributed by atoms with Crippen LogP contribution in [0.2, 0.25) is 10.0 Å². The number of nitro benzene ring substituents is 1. The Labute approximate surface area is 285 Å². The molecule has 0 spiro atoms. The highest BCUT2D eigenvalue weighted by atomic mass is 127. The van der Waals surface area contributed by atoms with Crippen LogP contribution in [-0.4, -0.2) is 28.2 Å². The SMILES string of the molecule is CCOC(=O)C1=C(C(F)(F)F)N=c2s/c(=C\c3cc(Cl)cc(I)c3OCc3ccc([N+](=O)[O-])cc3)c(=O)n2[C@@H]1c1ccc(Cl)cc1. The molecule has 46 heavy (non-hydrogen) atoms. The van der Waals surface area contributed by atoms with Crippen LogP contribution in [0, 0.1) is 13.7 Å². The summed E-state index contributed by atoms with van der Waals surface area (Å²) in [6.07, 6.45) is -3.63. The summed E-state index contributed by atoms with van der Waals surface area (Å²) in [5.41, 5.74) is -1.96. The van der Waals surface area contributed by atoms with Gasteiger partial charge in [-0.05, 0) is 83.1 Å². The molecule has 3 aromatic carbocycles. The molecule has 0 saturated heterocycles. The second-order valence-electron chi connectivity index (χ2n) is 9.63. The summed E-state index contributed by atoms with van der Waals surface area (Å²) in [5.74, 6) is -0.953. The number of hydrogen-bond acceptors (Lipinski definition) is 8. The molecule has 1 aromatic heterocycles. The first-order valence-electron chi connectivity index (χ1n) is 13.2. The lowest BCUT2D eigenvalue weighted by molar-refractivity contribution is -0.384. The number of alkyl halides is 3. The van der Waals surface area contributed by atoms with Gasteiger partial charge in [-0.3, -0.25) is 19.5 Å². The summed E-state index contributed by atoms with van der Waals surface area (Å²) < 4.78 is 55.8. The fourth-order valence-corrected chi connectivity index (χ4v) is 6.98. The number of carbonyl (C=O) groups is 1. The number of hydrogen-bond donors (Lipinski definition) is 0. The van der Waals surface area contributed by atoms with E-state index in [9.17, 15) is 32.9 Å². The molecular weight excluding hydrogens is 785 g/mol. The number of rotatable bonds is 8. The van der Waals surface area contributed by atoms with Crippen molar-refractivity contribution in [3.05, 3.63) is 132 Å². The number of ether oxygens (including phenoxy) is 2. The predicted octanol–water partition coefficient (Wildman–Crippen LogP) is 6.74. The number of nitro groups is 1. The Morgan fingerprint density at radius 2 is 1.80 bits per heavy atom. The summed E-state index contributed by atoms with van der Waals surface area (Å²) in [6, 6.07) is 13.1. The highest BCUT2D eigenvalue weighted by Gasteiger charge is 2.45. The van der Waals surface area contributed by atoms with Crippen LogP contribution in [0.1, 0.15) is 29.7 Å². The number of thiazole rings is 1. The van der Waals surface area contributed by atoms with Crippen LogP contribution in [-0.2, 0) is 16.1 Å². The molecule has 0 aliphatic carbocycles. The second-order valence-corrected chi connectivity index (χ2v) is 12.7. The molecule has 0 amide bonds. The van der Waals surface area contributed by atoms with Crippen molar-refractivity contribution in [3.8, 4) is 5.75 Å². The average molecular weight is 804 g/mol. The van der Waals surface area contributed by atoms with Gasteiger partial charge >= 0.3 is 12.1 Å². The minimum atomic E-state index is -5.05. The first-order chi connectivity index (χ1) is 21.8. The zero-order chi connectivity index (χ0) is 33.3. The first kappa shape index (κ1) is 33.6. The Morgan fingerprint density at radius 1 is 1.13 bits per heavy atom. The van der Waals surface area contributed by atoms with E-state index in [1.165, 1.54) is 67.6 Å². The summed E-state index contributed by atoms with van der Waals surface area (Å²) in [5, 5.41) is 11.6. The van der Waals surface area contributed by atoms with Crippen molar-refractivity contribution < 1.29 is 32.4 Å². The van der Waals surface area contributed by atoms with Gasteiger partial charge in [0.25, 0.3) is 11.2 Å². The molecule has 238 valence electrons. The topological polar surface area (TPSA) is 113 Å². The minimum absolute atomic E-state index is 0.00608. The summed E-state index contributed by atoms with van der Waals surface area (Å²) in [4.78, 5) is 40.9. The maximum absolute atomic E-state index is 14.4. The highest BCUT2D eigenvalue weighted by molar-refractivity contribution is 14.1. The molecule has 0 bridgehead atoms. The van der Waals surface area contributed by atoms with E-state index in [1.807, 2.05) is 22.6 Å². The van der Waals surface area contributed by atoms with Crippen molar-refractivity contribution in [2.75, 3.05) is 6.61 Å². The van der Waals surface area contributed by atoms with E-state index < -0.39 is 39.9 Å². The van der Waals surface area contributed by atoms with E-state index in [4.69, 9.17) is 32.7 Å². The minimum Gasteiger partial charge on any atom is -0.487 e. The van der Waals surface area contributed by atoms with Crippen molar-refractivity contribution in [2.24, 2.45) is 4.99 Å². The third kappa shape index (κ3) is 6.99. The van der Waals surface area contributed by atoms with Gasteiger partial charge in [0.05, 0.1) is 31.2 Å². The summed E-state index contributed by atoms with van der Waals surface area (Å²) in [7, 11) is 0.